The van der Waals surface area contributed by atoms with Crippen LogP contribution in [-0.2, 0) is 20.6 Å². The highest BCUT2D eigenvalue weighted by Gasteiger charge is 2.14. The molecule has 0 aliphatic carbocycles. The number of benzene rings is 1. The summed E-state index contributed by atoms with van der Waals surface area (Å²) in [6.07, 6.45) is 2.00. The number of fused-ring (bicyclic) bond motifs is 1. The summed E-state index contributed by atoms with van der Waals surface area (Å²) >= 11 is 0. The van der Waals surface area contributed by atoms with Crippen LogP contribution in [-0.4, -0.2) is 19.3 Å². The van der Waals surface area contributed by atoms with E-state index in [4.69, 9.17) is 10.7 Å². The fraction of sp³-hybridized carbons (Fsp3) is 0.286. The molecule has 2 heterocycles. The molecule has 0 fully saturated rings. The van der Waals surface area contributed by atoms with Crippen molar-refractivity contribution in [2.45, 2.75) is 13.5 Å². The van der Waals surface area contributed by atoms with Crippen LogP contribution >= 0.6 is 0 Å². The van der Waals surface area contributed by atoms with Crippen molar-refractivity contribution >= 4 is 11.0 Å². The molecule has 0 atom stereocenters. The lowest BCUT2D eigenvalue weighted by Gasteiger charge is -2.00. The lowest BCUT2D eigenvalue weighted by Crippen LogP contribution is -1.95. The van der Waals surface area contributed by atoms with Gasteiger partial charge in [-0.2, -0.15) is 5.10 Å². The van der Waals surface area contributed by atoms with E-state index in [1.807, 2.05) is 44.0 Å². The van der Waals surface area contributed by atoms with Crippen molar-refractivity contribution in [1.29, 1.82) is 0 Å². The normalized spacial score (nSPS) is 11.4. The van der Waals surface area contributed by atoms with Crippen molar-refractivity contribution in [3.05, 3.63) is 35.7 Å². The fourth-order valence-electron chi connectivity index (χ4n) is 2.43. The Hall–Kier alpha value is -2.14. The summed E-state index contributed by atoms with van der Waals surface area (Å²) in [5.74, 6) is 0.940. The summed E-state index contributed by atoms with van der Waals surface area (Å²) in [4.78, 5) is 4.72. The Morgan fingerprint density at radius 2 is 2.05 bits per heavy atom. The second kappa shape index (κ2) is 4.20. The van der Waals surface area contributed by atoms with E-state index in [0.717, 1.165) is 33.7 Å². The van der Waals surface area contributed by atoms with Gasteiger partial charge >= 0.3 is 0 Å². The van der Waals surface area contributed by atoms with Gasteiger partial charge in [0.2, 0.25) is 0 Å². The van der Waals surface area contributed by atoms with Crippen LogP contribution in [0.4, 0.5) is 0 Å². The molecule has 1 aromatic carbocycles. The molecule has 0 radical (unpaired) electrons. The first kappa shape index (κ1) is 11.9. The third kappa shape index (κ3) is 1.82. The molecule has 0 saturated carbocycles. The number of aryl methyl sites for hydroxylation is 3. The number of nitrogens with zero attached hydrogens (tertiary/aromatic N) is 4. The number of hydrogen-bond donors (Lipinski definition) is 1. The molecule has 3 aromatic rings. The minimum Gasteiger partial charge on any atom is -0.327 e. The molecule has 0 spiro atoms. The zero-order valence-corrected chi connectivity index (χ0v) is 11.4. The molecule has 0 aliphatic heterocycles. The van der Waals surface area contributed by atoms with Crippen LogP contribution in [0.15, 0.2) is 24.4 Å². The maximum absolute atomic E-state index is 5.68. The van der Waals surface area contributed by atoms with Crippen LogP contribution in [0.3, 0.4) is 0 Å². The molecular weight excluding hydrogens is 238 g/mol. The number of imidazole rings is 1. The third-order valence-electron chi connectivity index (χ3n) is 3.44. The molecule has 2 N–H and O–H groups in total. The zero-order chi connectivity index (χ0) is 13.6. The first-order valence-electron chi connectivity index (χ1n) is 6.26. The van der Waals surface area contributed by atoms with Gasteiger partial charge < -0.3 is 10.3 Å². The molecule has 3 rings (SSSR count). The zero-order valence-electron chi connectivity index (χ0n) is 11.4. The second-order valence-corrected chi connectivity index (χ2v) is 4.82. The molecule has 0 amide bonds. The van der Waals surface area contributed by atoms with E-state index in [0.29, 0.717) is 6.54 Å². The predicted molar refractivity (Wildman–Crippen MR) is 75.5 cm³/mol. The van der Waals surface area contributed by atoms with Crippen LogP contribution in [0.5, 0.6) is 0 Å². The van der Waals surface area contributed by atoms with E-state index >= 15 is 0 Å². The largest absolute Gasteiger partial charge is 0.327 e. The molecule has 19 heavy (non-hydrogen) atoms. The fourth-order valence-corrected chi connectivity index (χ4v) is 2.43. The van der Waals surface area contributed by atoms with Gasteiger partial charge in [0.25, 0.3) is 0 Å². The summed E-state index contributed by atoms with van der Waals surface area (Å²) in [5, 5.41) is 4.38. The third-order valence-corrected chi connectivity index (χ3v) is 3.44. The Labute approximate surface area is 111 Å². The smallest absolute Gasteiger partial charge is 0.144 e. The number of nitrogens with two attached hydrogens (primary N) is 1. The van der Waals surface area contributed by atoms with E-state index in [1.54, 1.807) is 0 Å². The van der Waals surface area contributed by atoms with Crippen LogP contribution in [0.1, 0.15) is 11.3 Å². The van der Waals surface area contributed by atoms with Crippen molar-refractivity contribution < 1.29 is 0 Å². The Kier molecular flexibility index (Phi) is 2.64. The highest BCUT2D eigenvalue weighted by atomic mass is 15.3. The first-order valence-corrected chi connectivity index (χ1v) is 6.26. The lowest BCUT2D eigenvalue weighted by atomic mass is 10.2. The maximum atomic E-state index is 5.68. The minimum absolute atomic E-state index is 0.535. The Bertz CT molecular complexity index is 751. The Morgan fingerprint density at radius 1 is 1.26 bits per heavy atom. The number of aromatic nitrogens is 4. The second-order valence-electron chi connectivity index (χ2n) is 4.82. The average molecular weight is 255 g/mol. The standard InChI is InChI=1S/C14H17N5/c1-9-11(8-18(2)17-9)14-16-12-6-10(7-15)4-5-13(12)19(14)3/h4-6,8H,7,15H2,1-3H3. The molecule has 0 saturated heterocycles. The van der Waals surface area contributed by atoms with Gasteiger partial charge in [-0.3, -0.25) is 4.68 Å². The van der Waals surface area contributed by atoms with Crippen LogP contribution in [0.25, 0.3) is 22.4 Å². The molecule has 0 unspecified atom stereocenters. The molecule has 2 aromatic heterocycles. The van der Waals surface area contributed by atoms with E-state index in [-0.39, 0.29) is 0 Å². The highest BCUT2D eigenvalue weighted by Crippen LogP contribution is 2.26. The summed E-state index contributed by atoms with van der Waals surface area (Å²) < 4.78 is 3.91. The van der Waals surface area contributed by atoms with Crippen molar-refractivity contribution in [3.8, 4) is 11.4 Å². The van der Waals surface area contributed by atoms with Crippen molar-refractivity contribution in [3.63, 3.8) is 0 Å². The maximum Gasteiger partial charge on any atom is 0.144 e. The van der Waals surface area contributed by atoms with E-state index in [9.17, 15) is 0 Å². The van der Waals surface area contributed by atoms with E-state index < -0.39 is 0 Å². The highest BCUT2D eigenvalue weighted by molar-refractivity contribution is 5.81. The SMILES string of the molecule is Cc1nn(C)cc1-c1nc2cc(CN)ccc2n1C. The van der Waals surface area contributed by atoms with Gasteiger partial charge in [0.05, 0.1) is 22.3 Å². The van der Waals surface area contributed by atoms with E-state index in [1.165, 1.54) is 0 Å². The Balaban J connectivity index is 2.24. The summed E-state index contributed by atoms with van der Waals surface area (Å²) in [7, 11) is 3.95. The average Bonchev–Trinajstić information content (AvgIpc) is 2.89. The minimum atomic E-state index is 0.535. The first-order chi connectivity index (χ1) is 9.10. The molecule has 0 bridgehead atoms. The van der Waals surface area contributed by atoms with Gasteiger partial charge in [-0.15, -0.1) is 0 Å². The van der Waals surface area contributed by atoms with Gasteiger partial charge in [0.15, 0.2) is 0 Å². The summed E-state index contributed by atoms with van der Waals surface area (Å²) in [6, 6.07) is 6.16. The van der Waals surface area contributed by atoms with Gasteiger partial charge in [0.1, 0.15) is 5.82 Å². The van der Waals surface area contributed by atoms with Crippen molar-refractivity contribution in [2.24, 2.45) is 19.8 Å². The molecule has 5 nitrogen and oxygen atoms in total. The number of rotatable bonds is 2. The van der Waals surface area contributed by atoms with Gasteiger partial charge in [-0.1, -0.05) is 6.07 Å². The monoisotopic (exact) mass is 255 g/mol. The molecule has 98 valence electrons. The summed E-state index contributed by atoms with van der Waals surface area (Å²) in [5.41, 5.74) is 10.9. The Morgan fingerprint density at radius 3 is 2.68 bits per heavy atom. The van der Waals surface area contributed by atoms with Crippen molar-refractivity contribution in [2.75, 3.05) is 0 Å². The molecule has 0 aliphatic rings. The van der Waals surface area contributed by atoms with Crippen LogP contribution in [0, 0.1) is 6.92 Å². The topological polar surface area (TPSA) is 61.7 Å². The van der Waals surface area contributed by atoms with Gasteiger partial charge in [-0.25, -0.2) is 4.98 Å². The molecule has 5 heteroatoms. The molecular formula is C14H17N5. The van der Waals surface area contributed by atoms with E-state index in [2.05, 4.69) is 15.7 Å². The lowest BCUT2D eigenvalue weighted by molar-refractivity contribution is 0.756. The number of hydrogen-bond acceptors (Lipinski definition) is 3. The predicted octanol–water partition coefficient (Wildman–Crippen LogP) is 1.74. The van der Waals surface area contributed by atoms with Crippen molar-refractivity contribution in [1.82, 2.24) is 19.3 Å². The van der Waals surface area contributed by atoms with Gasteiger partial charge in [-0.05, 0) is 24.6 Å². The van der Waals surface area contributed by atoms with Crippen LogP contribution in [0.2, 0.25) is 0 Å². The van der Waals surface area contributed by atoms with Gasteiger partial charge in [0, 0.05) is 26.8 Å². The quantitative estimate of drug-likeness (QED) is 0.758. The van der Waals surface area contributed by atoms with Crippen LogP contribution < -0.4 is 5.73 Å². The summed E-state index contributed by atoms with van der Waals surface area (Å²) in [6.45, 7) is 2.54.